The third-order valence-corrected chi connectivity index (χ3v) is 3.57. The maximum absolute atomic E-state index is 12.4. The lowest BCUT2D eigenvalue weighted by Gasteiger charge is -2.34. The number of hydrogen-bond donors (Lipinski definition) is 1. The van der Waals surface area contributed by atoms with Crippen LogP contribution in [0.25, 0.3) is 0 Å². The standard InChI is InChI=1S/C15H22N2O3/c1-11(16)14-10-17(7-8-20-14)15(18)9-12-5-3-4-6-13(12)19-2/h3-6,11,14H,7-10,16H2,1-2H3. The topological polar surface area (TPSA) is 64.8 Å². The van der Waals surface area contributed by atoms with E-state index in [9.17, 15) is 4.79 Å². The van der Waals surface area contributed by atoms with Crippen LogP contribution in [0.2, 0.25) is 0 Å². The van der Waals surface area contributed by atoms with Gasteiger partial charge < -0.3 is 20.1 Å². The van der Waals surface area contributed by atoms with Crippen molar-refractivity contribution in [1.82, 2.24) is 4.90 Å². The van der Waals surface area contributed by atoms with Gasteiger partial charge >= 0.3 is 0 Å². The van der Waals surface area contributed by atoms with E-state index in [1.165, 1.54) is 0 Å². The molecule has 5 nitrogen and oxygen atoms in total. The highest BCUT2D eigenvalue weighted by Gasteiger charge is 2.26. The molecule has 1 aliphatic heterocycles. The molecule has 0 bridgehead atoms. The fraction of sp³-hybridized carbons (Fsp3) is 0.533. The summed E-state index contributed by atoms with van der Waals surface area (Å²) in [4.78, 5) is 14.2. The molecular weight excluding hydrogens is 256 g/mol. The molecule has 1 saturated heterocycles. The number of nitrogens with zero attached hydrogens (tertiary/aromatic N) is 1. The van der Waals surface area contributed by atoms with Crippen LogP contribution >= 0.6 is 0 Å². The molecular formula is C15H22N2O3. The van der Waals surface area contributed by atoms with Crippen molar-refractivity contribution in [2.45, 2.75) is 25.5 Å². The molecule has 5 heteroatoms. The van der Waals surface area contributed by atoms with E-state index in [-0.39, 0.29) is 18.1 Å². The Bertz CT molecular complexity index is 462. The van der Waals surface area contributed by atoms with Crippen LogP contribution in [-0.4, -0.2) is 49.8 Å². The van der Waals surface area contributed by atoms with E-state index in [1.807, 2.05) is 36.1 Å². The summed E-state index contributed by atoms with van der Waals surface area (Å²) in [7, 11) is 1.62. The summed E-state index contributed by atoms with van der Waals surface area (Å²) in [5.41, 5.74) is 6.75. The molecule has 0 saturated carbocycles. The van der Waals surface area contributed by atoms with Gasteiger partial charge in [0, 0.05) is 24.7 Å². The van der Waals surface area contributed by atoms with Crippen molar-refractivity contribution in [3.05, 3.63) is 29.8 Å². The van der Waals surface area contributed by atoms with Gasteiger partial charge in [-0.1, -0.05) is 18.2 Å². The first-order valence-corrected chi connectivity index (χ1v) is 6.88. The molecule has 2 atom stereocenters. The number of hydrogen-bond acceptors (Lipinski definition) is 4. The zero-order valence-electron chi connectivity index (χ0n) is 12.0. The molecule has 20 heavy (non-hydrogen) atoms. The first kappa shape index (κ1) is 14.8. The van der Waals surface area contributed by atoms with Crippen LogP contribution in [0.1, 0.15) is 12.5 Å². The van der Waals surface area contributed by atoms with Gasteiger partial charge in [0.15, 0.2) is 0 Å². The lowest BCUT2D eigenvalue weighted by Crippen LogP contribution is -2.51. The minimum atomic E-state index is -0.0784. The second-order valence-corrected chi connectivity index (χ2v) is 5.10. The molecule has 1 heterocycles. The molecule has 0 aromatic heterocycles. The normalized spacial score (nSPS) is 20.6. The molecule has 2 N–H and O–H groups in total. The van der Waals surface area contributed by atoms with Crippen LogP contribution in [0.3, 0.4) is 0 Å². The van der Waals surface area contributed by atoms with E-state index in [1.54, 1.807) is 7.11 Å². The quantitative estimate of drug-likeness (QED) is 0.885. The Morgan fingerprint density at radius 2 is 2.30 bits per heavy atom. The van der Waals surface area contributed by atoms with Gasteiger partial charge in [0.2, 0.25) is 5.91 Å². The fourth-order valence-corrected chi connectivity index (χ4v) is 2.34. The van der Waals surface area contributed by atoms with Crippen molar-refractivity contribution in [2.75, 3.05) is 26.8 Å². The van der Waals surface area contributed by atoms with Crippen LogP contribution in [0.15, 0.2) is 24.3 Å². The largest absolute Gasteiger partial charge is 0.496 e. The number of carbonyl (C=O) groups excluding carboxylic acids is 1. The molecule has 2 rings (SSSR count). The predicted octanol–water partition coefficient (Wildman–Crippen LogP) is 0.812. The summed E-state index contributed by atoms with van der Waals surface area (Å²) in [6.45, 7) is 3.63. The van der Waals surface area contributed by atoms with Gasteiger partial charge in [-0.2, -0.15) is 0 Å². The van der Waals surface area contributed by atoms with Crippen LogP contribution < -0.4 is 10.5 Å². The van der Waals surface area contributed by atoms with Gasteiger partial charge in [-0.3, -0.25) is 4.79 Å². The number of amides is 1. The molecule has 1 amide bonds. The Morgan fingerprint density at radius 3 is 3.00 bits per heavy atom. The Kier molecular flexibility index (Phi) is 4.98. The van der Waals surface area contributed by atoms with E-state index in [0.717, 1.165) is 11.3 Å². The van der Waals surface area contributed by atoms with Gasteiger partial charge in [-0.15, -0.1) is 0 Å². The molecule has 2 unspecified atom stereocenters. The van der Waals surface area contributed by atoms with Crippen LogP contribution in [0.5, 0.6) is 5.75 Å². The van der Waals surface area contributed by atoms with Crippen molar-refractivity contribution in [1.29, 1.82) is 0 Å². The number of carbonyl (C=O) groups is 1. The zero-order chi connectivity index (χ0) is 14.5. The average molecular weight is 278 g/mol. The molecule has 0 spiro atoms. The van der Waals surface area contributed by atoms with E-state index in [0.29, 0.717) is 26.1 Å². The smallest absolute Gasteiger partial charge is 0.227 e. The number of methoxy groups -OCH3 is 1. The summed E-state index contributed by atoms with van der Waals surface area (Å²) in [5, 5.41) is 0. The van der Waals surface area contributed by atoms with Crippen molar-refractivity contribution >= 4 is 5.91 Å². The maximum Gasteiger partial charge on any atom is 0.227 e. The number of rotatable bonds is 4. The summed E-state index contributed by atoms with van der Waals surface area (Å²) < 4.78 is 10.8. The van der Waals surface area contributed by atoms with Gasteiger partial charge in [-0.05, 0) is 13.0 Å². The minimum absolute atomic E-state index is 0.0724. The van der Waals surface area contributed by atoms with Crippen molar-refractivity contribution in [2.24, 2.45) is 5.73 Å². The molecule has 1 aliphatic rings. The highest BCUT2D eigenvalue weighted by Crippen LogP contribution is 2.19. The summed E-state index contributed by atoms with van der Waals surface area (Å²) in [5.74, 6) is 0.835. The lowest BCUT2D eigenvalue weighted by atomic mass is 10.1. The van der Waals surface area contributed by atoms with E-state index in [4.69, 9.17) is 15.2 Å². The van der Waals surface area contributed by atoms with Crippen LogP contribution in [0.4, 0.5) is 0 Å². The SMILES string of the molecule is COc1ccccc1CC(=O)N1CCOC(C(C)N)C1. The van der Waals surface area contributed by atoms with Gasteiger partial charge in [0.25, 0.3) is 0 Å². The number of para-hydroxylation sites is 1. The summed E-state index contributed by atoms with van der Waals surface area (Å²) in [6, 6.07) is 7.52. The third-order valence-electron chi connectivity index (χ3n) is 3.57. The van der Waals surface area contributed by atoms with E-state index < -0.39 is 0 Å². The fourth-order valence-electron chi connectivity index (χ4n) is 2.34. The lowest BCUT2D eigenvalue weighted by molar-refractivity contribution is -0.138. The van der Waals surface area contributed by atoms with Crippen molar-refractivity contribution < 1.29 is 14.3 Å². The van der Waals surface area contributed by atoms with Gasteiger partial charge in [0.1, 0.15) is 5.75 Å². The molecule has 1 aromatic rings. The number of ether oxygens (including phenoxy) is 2. The predicted molar refractivity (Wildman–Crippen MR) is 76.7 cm³/mol. The Balaban J connectivity index is 2.01. The number of benzene rings is 1. The highest BCUT2D eigenvalue weighted by atomic mass is 16.5. The van der Waals surface area contributed by atoms with Crippen molar-refractivity contribution in [3.63, 3.8) is 0 Å². The number of morpholine rings is 1. The van der Waals surface area contributed by atoms with Crippen molar-refractivity contribution in [3.8, 4) is 5.75 Å². The Morgan fingerprint density at radius 1 is 1.55 bits per heavy atom. The van der Waals surface area contributed by atoms with E-state index in [2.05, 4.69) is 0 Å². The zero-order valence-corrected chi connectivity index (χ0v) is 12.0. The number of nitrogens with two attached hydrogens (primary N) is 1. The average Bonchev–Trinajstić information content (AvgIpc) is 2.48. The highest BCUT2D eigenvalue weighted by molar-refractivity contribution is 5.79. The second kappa shape index (κ2) is 6.72. The van der Waals surface area contributed by atoms with Gasteiger partial charge in [-0.25, -0.2) is 0 Å². The Labute approximate surface area is 119 Å². The molecule has 0 aliphatic carbocycles. The summed E-state index contributed by atoms with van der Waals surface area (Å²) >= 11 is 0. The van der Waals surface area contributed by atoms with Crippen LogP contribution in [0, 0.1) is 0 Å². The Hall–Kier alpha value is -1.59. The monoisotopic (exact) mass is 278 g/mol. The molecule has 1 fully saturated rings. The van der Waals surface area contributed by atoms with Crippen LogP contribution in [-0.2, 0) is 16.0 Å². The minimum Gasteiger partial charge on any atom is -0.496 e. The molecule has 1 aromatic carbocycles. The first-order chi connectivity index (χ1) is 9.61. The second-order valence-electron chi connectivity index (χ2n) is 5.10. The third kappa shape index (κ3) is 3.49. The van der Waals surface area contributed by atoms with E-state index >= 15 is 0 Å². The maximum atomic E-state index is 12.4. The molecule has 110 valence electrons. The van der Waals surface area contributed by atoms with Gasteiger partial charge in [0.05, 0.1) is 26.2 Å². The first-order valence-electron chi connectivity index (χ1n) is 6.88. The summed E-state index contributed by atoms with van der Waals surface area (Å²) in [6.07, 6.45) is 0.265. The molecule has 0 radical (unpaired) electrons.